The summed E-state index contributed by atoms with van der Waals surface area (Å²) in [6.45, 7) is 2.71. The van der Waals surface area contributed by atoms with Crippen LogP contribution in [0.2, 0.25) is 0 Å². The van der Waals surface area contributed by atoms with Crippen LogP contribution in [0.3, 0.4) is 0 Å². The molecule has 0 unspecified atom stereocenters. The van der Waals surface area contributed by atoms with Crippen molar-refractivity contribution in [3.63, 3.8) is 0 Å². The van der Waals surface area contributed by atoms with Crippen LogP contribution in [0.25, 0.3) is 0 Å². The predicted molar refractivity (Wildman–Crippen MR) is 134 cm³/mol. The molecule has 1 N–H and O–H groups in total. The number of amides is 1. The summed E-state index contributed by atoms with van der Waals surface area (Å²) in [6, 6.07) is 8.31. The molecule has 1 aliphatic carbocycles. The Morgan fingerprint density at radius 1 is 1.00 bits per heavy atom. The van der Waals surface area contributed by atoms with E-state index in [9.17, 15) is 9.59 Å². The van der Waals surface area contributed by atoms with Crippen molar-refractivity contribution in [3.8, 4) is 0 Å². The lowest BCUT2D eigenvalue weighted by atomic mass is 9.78. The minimum atomic E-state index is 0.0768. The second-order valence-electron chi connectivity index (χ2n) is 10.7. The van der Waals surface area contributed by atoms with Crippen molar-refractivity contribution in [2.24, 2.45) is 24.8 Å². The van der Waals surface area contributed by atoms with E-state index in [1.165, 1.54) is 11.3 Å². The molecule has 5 rings (SSSR count). The van der Waals surface area contributed by atoms with E-state index in [2.05, 4.69) is 28.6 Å². The van der Waals surface area contributed by atoms with E-state index < -0.39 is 0 Å². The van der Waals surface area contributed by atoms with E-state index in [0.717, 1.165) is 88.5 Å². The van der Waals surface area contributed by atoms with Gasteiger partial charge in [0, 0.05) is 49.2 Å². The highest BCUT2D eigenvalue weighted by atomic mass is 16.2. The maximum absolute atomic E-state index is 13.7. The van der Waals surface area contributed by atoms with Crippen molar-refractivity contribution in [1.82, 2.24) is 15.1 Å². The molecule has 182 valence electrons. The Balaban J connectivity index is 1.17. The highest BCUT2D eigenvalue weighted by Crippen LogP contribution is 2.37. The van der Waals surface area contributed by atoms with E-state index in [1.54, 1.807) is 0 Å². The molecule has 3 heterocycles. The summed E-state index contributed by atoms with van der Waals surface area (Å²) in [4.78, 5) is 28.2. The van der Waals surface area contributed by atoms with Gasteiger partial charge in [0.1, 0.15) is 5.78 Å². The lowest BCUT2D eigenvalue weighted by Crippen LogP contribution is -2.37. The molecule has 1 saturated carbocycles. The van der Waals surface area contributed by atoms with Crippen molar-refractivity contribution >= 4 is 17.4 Å². The number of aryl methyl sites for hydroxylation is 1. The van der Waals surface area contributed by atoms with Crippen molar-refractivity contribution in [1.29, 1.82) is 0 Å². The lowest BCUT2D eigenvalue weighted by Gasteiger charge is -2.32. The van der Waals surface area contributed by atoms with Gasteiger partial charge in [-0.3, -0.25) is 14.3 Å². The zero-order valence-electron chi connectivity index (χ0n) is 20.5. The van der Waals surface area contributed by atoms with Crippen LogP contribution in [-0.4, -0.2) is 34.6 Å². The molecular weight excluding hydrogens is 424 g/mol. The number of Topliss-reactive ketones (excluding diaryl/α,β-unsaturated/α-hetero) is 1. The van der Waals surface area contributed by atoms with Gasteiger partial charge in [0.2, 0.25) is 5.91 Å². The third-order valence-electron chi connectivity index (χ3n) is 8.39. The number of para-hydroxylation sites is 1. The summed E-state index contributed by atoms with van der Waals surface area (Å²) in [5.41, 5.74) is 4.59. The van der Waals surface area contributed by atoms with Gasteiger partial charge in [-0.15, -0.1) is 0 Å². The second-order valence-corrected chi connectivity index (χ2v) is 10.7. The topological polar surface area (TPSA) is 67.2 Å². The summed E-state index contributed by atoms with van der Waals surface area (Å²) < 4.78 is 1.94. The van der Waals surface area contributed by atoms with E-state index in [0.29, 0.717) is 24.2 Å². The van der Waals surface area contributed by atoms with Crippen LogP contribution in [0.15, 0.2) is 30.5 Å². The van der Waals surface area contributed by atoms with Gasteiger partial charge in [-0.1, -0.05) is 18.2 Å². The number of anilines is 1. The number of aromatic nitrogens is 2. The first-order valence-corrected chi connectivity index (χ1v) is 13.2. The molecule has 0 radical (unpaired) electrons. The molecule has 0 bridgehead atoms. The molecule has 0 atom stereocenters. The van der Waals surface area contributed by atoms with Gasteiger partial charge >= 0.3 is 0 Å². The van der Waals surface area contributed by atoms with Crippen molar-refractivity contribution in [2.75, 3.05) is 18.0 Å². The first-order valence-electron chi connectivity index (χ1n) is 13.2. The Kier molecular flexibility index (Phi) is 7.14. The maximum Gasteiger partial charge on any atom is 0.230 e. The normalized spacial score (nSPS) is 23.1. The number of ketones is 1. The van der Waals surface area contributed by atoms with Crippen molar-refractivity contribution in [3.05, 3.63) is 47.3 Å². The fourth-order valence-corrected chi connectivity index (χ4v) is 6.22. The number of carbonyl (C=O) groups excluding carboxylic acids is 2. The Labute approximate surface area is 203 Å². The smallest absolute Gasteiger partial charge is 0.230 e. The number of nitrogens with zero attached hydrogens (tertiary/aromatic N) is 3. The fraction of sp³-hybridized carbons (Fsp3) is 0.607. The molecular formula is C28H38N4O2. The molecule has 1 aromatic heterocycles. The monoisotopic (exact) mass is 462 g/mol. The number of piperidine rings is 1. The lowest BCUT2D eigenvalue weighted by molar-refractivity contribution is -0.124. The minimum absolute atomic E-state index is 0.0768. The van der Waals surface area contributed by atoms with E-state index in [4.69, 9.17) is 0 Å². The number of rotatable bonds is 6. The van der Waals surface area contributed by atoms with Gasteiger partial charge < -0.3 is 10.2 Å². The van der Waals surface area contributed by atoms with Gasteiger partial charge in [-0.25, -0.2) is 0 Å². The molecule has 1 amide bonds. The molecule has 2 fully saturated rings. The summed E-state index contributed by atoms with van der Waals surface area (Å²) in [5, 5.41) is 7.83. The van der Waals surface area contributed by atoms with Crippen LogP contribution >= 0.6 is 0 Å². The van der Waals surface area contributed by atoms with E-state index in [-0.39, 0.29) is 11.8 Å². The summed E-state index contributed by atoms with van der Waals surface area (Å²) >= 11 is 0. The first kappa shape index (κ1) is 23.3. The Bertz CT molecular complexity index is 1020. The van der Waals surface area contributed by atoms with E-state index >= 15 is 0 Å². The van der Waals surface area contributed by atoms with Crippen molar-refractivity contribution < 1.29 is 9.59 Å². The molecule has 2 aliphatic heterocycles. The van der Waals surface area contributed by atoms with Crippen LogP contribution in [0.5, 0.6) is 0 Å². The highest BCUT2D eigenvalue weighted by Gasteiger charge is 2.33. The zero-order chi connectivity index (χ0) is 23.5. The molecule has 6 nitrogen and oxygen atoms in total. The summed E-state index contributed by atoms with van der Waals surface area (Å²) in [6.07, 6.45) is 11.5. The van der Waals surface area contributed by atoms with Gasteiger partial charge in [0.15, 0.2) is 0 Å². The molecule has 34 heavy (non-hydrogen) atoms. The third-order valence-corrected chi connectivity index (χ3v) is 8.39. The molecule has 6 heteroatoms. The van der Waals surface area contributed by atoms with Crippen molar-refractivity contribution in [2.45, 2.75) is 70.8 Å². The van der Waals surface area contributed by atoms with E-state index in [1.807, 2.05) is 28.9 Å². The summed E-state index contributed by atoms with van der Waals surface area (Å²) in [7, 11) is 1.98. The van der Waals surface area contributed by atoms with Crippen LogP contribution in [-0.2, 0) is 29.6 Å². The SMILES string of the molecule is Cn1ncc2c1Cc1ccccc1N(C(=O)C1CCC(CCC(=O)CC3CCNCC3)CC1)C2. The standard InChI is InChI=1S/C28H38N4O2/c1-31-27-17-23-4-2-3-5-26(23)32(19-24(27)18-30-31)28(34)22-9-6-20(7-10-22)8-11-25(33)16-21-12-14-29-15-13-21/h2-5,18,20-22,29H,6-17,19H2,1H3. The highest BCUT2D eigenvalue weighted by molar-refractivity contribution is 5.96. The minimum Gasteiger partial charge on any atom is -0.317 e. The molecule has 3 aliphatic rings. The fourth-order valence-electron chi connectivity index (χ4n) is 6.22. The second kappa shape index (κ2) is 10.4. The van der Waals surface area contributed by atoms with Crippen LogP contribution in [0.1, 0.15) is 74.6 Å². The van der Waals surface area contributed by atoms with Crippen LogP contribution in [0, 0.1) is 17.8 Å². The zero-order valence-corrected chi connectivity index (χ0v) is 20.5. The number of fused-ring (bicyclic) bond motifs is 2. The van der Waals surface area contributed by atoms with Gasteiger partial charge in [-0.05, 0) is 81.5 Å². The predicted octanol–water partition coefficient (Wildman–Crippen LogP) is 4.40. The molecule has 1 saturated heterocycles. The van der Waals surface area contributed by atoms with Crippen LogP contribution < -0.4 is 10.2 Å². The number of carbonyl (C=O) groups is 2. The molecule has 1 aromatic carbocycles. The number of hydrogen-bond acceptors (Lipinski definition) is 4. The number of hydrogen-bond donors (Lipinski definition) is 1. The quantitative estimate of drug-likeness (QED) is 0.691. The van der Waals surface area contributed by atoms with Gasteiger partial charge in [-0.2, -0.15) is 5.10 Å². The number of benzene rings is 1. The number of nitrogens with one attached hydrogen (secondary N) is 1. The summed E-state index contributed by atoms with van der Waals surface area (Å²) in [5.74, 6) is 1.94. The van der Waals surface area contributed by atoms with Gasteiger partial charge in [0.25, 0.3) is 0 Å². The largest absolute Gasteiger partial charge is 0.317 e. The average molecular weight is 463 g/mol. The maximum atomic E-state index is 13.7. The Hall–Kier alpha value is -2.47. The third kappa shape index (κ3) is 5.12. The van der Waals surface area contributed by atoms with Gasteiger partial charge in [0.05, 0.1) is 12.7 Å². The first-order chi connectivity index (χ1) is 16.6. The average Bonchev–Trinajstić information content (AvgIpc) is 3.11. The Morgan fingerprint density at radius 2 is 1.76 bits per heavy atom. The Morgan fingerprint density at radius 3 is 2.56 bits per heavy atom. The molecule has 0 spiro atoms. The van der Waals surface area contributed by atoms with Crippen LogP contribution in [0.4, 0.5) is 5.69 Å². The molecule has 2 aromatic rings.